The monoisotopic (exact) mass is 333 g/mol. The third kappa shape index (κ3) is 3.97. The van der Waals surface area contributed by atoms with E-state index in [4.69, 9.17) is 0 Å². The van der Waals surface area contributed by atoms with Gasteiger partial charge < -0.3 is 4.90 Å². The van der Waals surface area contributed by atoms with E-state index in [9.17, 15) is 4.79 Å². The lowest BCUT2D eigenvalue weighted by Gasteiger charge is -2.24. The molecule has 0 aliphatic carbocycles. The van der Waals surface area contributed by atoms with Crippen LogP contribution in [0.2, 0.25) is 0 Å². The fraction of sp³-hybridized carbons (Fsp3) is 0.562. The Kier molecular flexibility index (Phi) is 5.07. The molecule has 1 amide bonds. The van der Waals surface area contributed by atoms with E-state index >= 15 is 0 Å². The molecule has 6 nitrogen and oxygen atoms in total. The van der Waals surface area contributed by atoms with Crippen LogP contribution in [0.3, 0.4) is 0 Å². The quantitative estimate of drug-likeness (QED) is 0.858. The van der Waals surface area contributed by atoms with Crippen LogP contribution >= 0.6 is 11.3 Å². The van der Waals surface area contributed by atoms with Gasteiger partial charge in [-0.15, -0.1) is 11.3 Å². The molecule has 0 saturated carbocycles. The number of carbonyl (C=O) groups excluding carboxylic acids is 1. The first-order chi connectivity index (χ1) is 11.1. The Balaban J connectivity index is 1.56. The van der Waals surface area contributed by atoms with Crippen molar-refractivity contribution < 1.29 is 4.79 Å². The first kappa shape index (κ1) is 16.1. The van der Waals surface area contributed by atoms with Crippen molar-refractivity contribution in [1.29, 1.82) is 0 Å². The molecule has 7 heteroatoms. The van der Waals surface area contributed by atoms with Crippen molar-refractivity contribution in [3.05, 3.63) is 34.5 Å². The van der Waals surface area contributed by atoms with Crippen LogP contribution in [0.4, 0.5) is 0 Å². The number of hydrogen-bond acceptors (Lipinski definition) is 5. The molecule has 124 valence electrons. The van der Waals surface area contributed by atoms with Gasteiger partial charge in [0, 0.05) is 50.5 Å². The highest BCUT2D eigenvalue weighted by molar-refractivity contribution is 7.09. The normalized spacial score (nSPS) is 17.9. The van der Waals surface area contributed by atoms with E-state index in [1.807, 2.05) is 31.0 Å². The molecule has 0 bridgehead atoms. The molecule has 1 aliphatic rings. The van der Waals surface area contributed by atoms with Gasteiger partial charge in [0.2, 0.25) is 5.91 Å². The van der Waals surface area contributed by atoms with E-state index in [1.165, 1.54) is 0 Å². The minimum absolute atomic E-state index is 0.153. The van der Waals surface area contributed by atoms with Gasteiger partial charge in [-0.3, -0.25) is 14.4 Å². The average molecular weight is 333 g/mol. The molecular weight excluding hydrogens is 310 g/mol. The second kappa shape index (κ2) is 7.23. The number of thiazole rings is 1. The molecule has 0 N–H and O–H groups in total. The number of aryl methyl sites for hydroxylation is 1. The van der Waals surface area contributed by atoms with Crippen LogP contribution in [-0.4, -0.2) is 56.7 Å². The van der Waals surface area contributed by atoms with Crippen LogP contribution in [0, 0.1) is 6.92 Å². The lowest BCUT2D eigenvalue weighted by Crippen LogP contribution is -2.39. The van der Waals surface area contributed by atoms with Crippen LogP contribution in [0.15, 0.2) is 23.8 Å². The first-order valence-electron chi connectivity index (χ1n) is 8.05. The molecule has 1 fully saturated rings. The van der Waals surface area contributed by atoms with Gasteiger partial charge in [0.15, 0.2) is 0 Å². The molecule has 1 unspecified atom stereocenters. The maximum Gasteiger partial charge on any atom is 0.247 e. The molecular formula is C16H23N5OS. The molecule has 1 aliphatic heterocycles. The molecule has 2 aromatic rings. The number of rotatable bonds is 4. The van der Waals surface area contributed by atoms with E-state index in [0.29, 0.717) is 0 Å². The summed E-state index contributed by atoms with van der Waals surface area (Å²) in [6.07, 6.45) is 4.56. The number of carbonyl (C=O) groups is 1. The summed E-state index contributed by atoms with van der Waals surface area (Å²) >= 11 is 1.69. The lowest BCUT2D eigenvalue weighted by molar-refractivity contribution is -0.134. The Morgan fingerprint density at radius 2 is 2.22 bits per heavy atom. The van der Waals surface area contributed by atoms with E-state index in [0.717, 1.165) is 49.8 Å². The summed E-state index contributed by atoms with van der Waals surface area (Å²) in [6.45, 7) is 8.32. The van der Waals surface area contributed by atoms with Crippen molar-refractivity contribution in [3.63, 3.8) is 0 Å². The Bertz CT molecular complexity index is 639. The molecule has 23 heavy (non-hydrogen) atoms. The number of aromatic nitrogens is 3. The number of nitrogens with zero attached hydrogens (tertiary/aromatic N) is 5. The highest BCUT2D eigenvalue weighted by atomic mass is 32.1. The maximum absolute atomic E-state index is 12.7. The number of hydrogen-bond donors (Lipinski definition) is 0. The van der Waals surface area contributed by atoms with E-state index < -0.39 is 0 Å². The van der Waals surface area contributed by atoms with Crippen LogP contribution in [0.5, 0.6) is 0 Å². The summed E-state index contributed by atoms with van der Waals surface area (Å²) in [6, 6.07) is 1.61. The topological polar surface area (TPSA) is 54.3 Å². The van der Waals surface area contributed by atoms with Crippen LogP contribution in [0.25, 0.3) is 0 Å². The summed E-state index contributed by atoms with van der Waals surface area (Å²) in [7, 11) is 0. The van der Waals surface area contributed by atoms with Gasteiger partial charge in [0.05, 0.1) is 10.7 Å². The second-order valence-electron chi connectivity index (χ2n) is 5.97. The largest absolute Gasteiger partial charge is 0.340 e. The van der Waals surface area contributed by atoms with Crippen LogP contribution in [-0.2, 0) is 11.3 Å². The van der Waals surface area contributed by atoms with Crippen molar-refractivity contribution >= 4 is 17.2 Å². The van der Waals surface area contributed by atoms with Crippen molar-refractivity contribution in [2.75, 3.05) is 26.2 Å². The molecule has 1 atom stereocenters. The third-order valence-electron chi connectivity index (χ3n) is 4.23. The maximum atomic E-state index is 12.7. The van der Waals surface area contributed by atoms with Gasteiger partial charge in [-0.05, 0) is 26.3 Å². The Morgan fingerprint density at radius 1 is 1.35 bits per heavy atom. The van der Waals surface area contributed by atoms with Gasteiger partial charge in [0.1, 0.15) is 6.04 Å². The van der Waals surface area contributed by atoms with Gasteiger partial charge in [-0.25, -0.2) is 4.98 Å². The van der Waals surface area contributed by atoms with Crippen molar-refractivity contribution in [2.24, 2.45) is 0 Å². The SMILES string of the molecule is Cc1nc(CN2CCCN(C(=O)C(C)n3cccn3)CC2)cs1. The minimum Gasteiger partial charge on any atom is -0.340 e. The van der Waals surface area contributed by atoms with E-state index in [2.05, 4.69) is 20.4 Å². The summed E-state index contributed by atoms with van der Waals surface area (Å²) in [5, 5.41) is 7.42. The van der Waals surface area contributed by atoms with Crippen molar-refractivity contribution in [3.8, 4) is 0 Å². The van der Waals surface area contributed by atoms with Crippen LogP contribution in [0.1, 0.15) is 30.1 Å². The van der Waals surface area contributed by atoms with Gasteiger partial charge in [-0.1, -0.05) is 0 Å². The highest BCUT2D eigenvalue weighted by Crippen LogP contribution is 2.15. The predicted molar refractivity (Wildman–Crippen MR) is 90.3 cm³/mol. The Hall–Kier alpha value is -1.73. The highest BCUT2D eigenvalue weighted by Gasteiger charge is 2.24. The zero-order valence-corrected chi connectivity index (χ0v) is 14.5. The molecule has 0 aromatic carbocycles. The first-order valence-corrected chi connectivity index (χ1v) is 8.93. The van der Waals surface area contributed by atoms with Gasteiger partial charge in [0.25, 0.3) is 0 Å². The van der Waals surface area contributed by atoms with Gasteiger partial charge >= 0.3 is 0 Å². The zero-order valence-electron chi connectivity index (χ0n) is 13.7. The van der Waals surface area contributed by atoms with E-state index in [1.54, 1.807) is 22.2 Å². The molecule has 3 rings (SSSR count). The van der Waals surface area contributed by atoms with E-state index in [-0.39, 0.29) is 11.9 Å². The smallest absolute Gasteiger partial charge is 0.247 e. The Morgan fingerprint density at radius 3 is 2.91 bits per heavy atom. The molecule has 3 heterocycles. The summed E-state index contributed by atoms with van der Waals surface area (Å²) in [5.74, 6) is 0.153. The van der Waals surface area contributed by atoms with Gasteiger partial charge in [-0.2, -0.15) is 5.10 Å². The minimum atomic E-state index is -0.238. The summed E-state index contributed by atoms with van der Waals surface area (Å²) < 4.78 is 1.73. The predicted octanol–water partition coefficient (Wildman–Crippen LogP) is 1.94. The summed E-state index contributed by atoms with van der Waals surface area (Å²) in [4.78, 5) is 21.5. The lowest BCUT2D eigenvalue weighted by atomic mass is 10.2. The molecule has 2 aromatic heterocycles. The van der Waals surface area contributed by atoms with Crippen molar-refractivity contribution in [1.82, 2.24) is 24.6 Å². The molecule has 0 radical (unpaired) electrons. The second-order valence-corrected chi connectivity index (χ2v) is 7.04. The summed E-state index contributed by atoms with van der Waals surface area (Å²) in [5.41, 5.74) is 1.14. The zero-order chi connectivity index (χ0) is 16.2. The van der Waals surface area contributed by atoms with Crippen LogP contribution < -0.4 is 0 Å². The fourth-order valence-corrected chi connectivity index (χ4v) is 3.55. The standard InChI is InChI=1S/C16H23N5OS/c1-13(21-8-3-5-17-21)16(22)20-7-4-6-19(9-10-20)11-15-12-23-14(2)18-15/h3,5,8,12-13H,4,6-7,9-11H2,1-2H3. The fourth-order valence-electron chi connectivity index (χ4n) is 2.95. The molecule has 1 saturated heterocycles. The average Bonchev–Trinajstić information content (AvgIpc) is 3.15. The third-order valence-corrected chi connectivity index (χ3v) is 5.05. The number of amides is 1. The molecule has 0 spiro atoms. The Labute approximate surface area is 140 Å². The van der Waals surface area contributed by atoms with Crippen molar-refractivity contribution in [2.45, 2.75) is 32.9 Å².